The molecule has 0 saturated heterocycles. The topological polar surface area (TPSA) is 43.1 Å². The molecular formula is C37H57NO. The predicted octanol–water partition coefficient (Wildman–Crippen LogP) is 9.74. The molecule has 6 rings (SSSR count). The smallest absolute Gasteiger partial charge is 0.150 e. The van der Waals surface area contributed by atoms with Gasteiger partial charge in [-0.3, -0.25) is 4.79 Å². The van der Waals surface area contributed by atoms with Crippen molar-refractivity contribution < 1.29 is 4.79 Å². The summed E-state index contributed by atoms with van der Waals surface area (Å²) in [6.45, 7) is 16.6. The molecule has 216 valence electrons. The fourth-order valence-corrected chi connectivity index (χ4v) is 11.5. The van der Waals surface area contributed by atoms with Crippen molar-refractivity contribution >= 4 is 11.9 Å². The Hall–Kier alpha value is -1.67. The summed E-state index contributed by atoms with van der Waals surface area (Å²) in [5.41, 5.74) is 11.6. The number of benzene rings is 1. The SMILES string of the molecule is C.C=CC.CC1(C)C(c2ccc(C=O)cc2)=CCC2(C)C1CCC1(C)C3CCC4(CN)CCCC4C3CCC12. The van der Waals surface area contributed by atoms with E-state index in [1.807, 2.05) is 19.1 Å². The molecule has 0 bridgehead atoms. The van der Waals surface area contributed by atoms with E-state index in [2.05, 4.69) is 52.5 Å². The van der Waals surface area contributed by atoms with E-state index in [9.17, 15) is 4.79 Å². The highest BCUT2D eigenvalue weighted by atomic mass is 16.1. The van der Waals surface area contributed by atoms with Crippen molar-refractivity contribution in [3.63, 3.8) is 0 Å². The molecule has 0 spiro atoms. The summed E-state index contributed by atoms with van der Waals surface area (Å²) in [7, 11) is 0. The van der Waals surface area contributed by atoms with E-state index in [0.29, 0.717) is 22.2 Å². The molecule has 0 heterocycles. The minimum atomic E-state index is 0. The van der Waals surface area contributed by atoms with Crippen LogP contribution in [-0.4, -0.2) is 12.8 Å². The van der Waals surface area contributed by atoms with Crippen molar-refractivity contribution in [2.24, 2.45) is 57.0 Å². The van der Waals surface area contributed by atoms with Gasteiger partial charge < -0.3 is 5.73 Å². The third-order valence-corrected chi connectivity index (χ3v) is 13.0. The van der Waals surface area contributed by atoms with E-state index in [-0.39, 0.29) is 12.8 Å². The molecule has 0 amide bonds. The standard InChI is InChI=1S/C33H47NO.C3H6.CH4/c1-30(2)25(23-9-7-22(20-35)8-10-23)13-17-32(4)28(30)15-18-31(3)26-14-19-33(21-34)16-5-6-27(33)24(26)11-12-29(31)32;1-3-2;/h7-10,13,20,24,26-29H,5-6,11-12,14-19,21,34H2,1-4H3;3H,1H2,2H3;1H4. The van der Waals surface area contributed by atoms with Crippen LogP contribution in [0.15, 0.2) is 43.0 Å². The number of carbonyl (C=O) groups excluding carboxylic acids is 1. The number of nitrogens with two attached hydrogens (primary N) is 1. The molecule has 8 unspecified atom stereocenters. The largest absolute Gasteiger partial charge is 0.330 e. The molecule has 1 aromatic rings. The van der Waals surface area contributed by atoms with Crippen molar-refractivity contribution in [1.82, 2.24) is 0 Å². The molecule has 39 heavy (non-hydrogen) atoms. The molecule has 2 nitrogen and oxygen atoms in total. The first-order valence-corrected chi connectivity index (χ1v) is 15.6. The minimum Gasteiger partial charge on any atom is -0.330 e. The second-order valence-corrected chi connectivity index (χ2v) is 14.8. The monoisotopic (exact) mass is 531 g/mol. The molecule has 5 aliphatic carbocycles. The third kappa shape index (κ3) is 4.52. The molecule has 0 aromatic heterocycles. The van der Waals surface area contributed by atoms with Crippen molar-refractivity contribution in [3.8, 4) is 0 Å². The van der Waals surface area contributed by atoms with Crippen LogP contribution >= 0.6 is 0 Å². The first-order valence-electron chi connectivity index (χ1n) is 15.6. The highest BCUT2D eigenvalue weighted by molar-refractivity contribution is 5.78. The van der Waals surface area contributed by atoms with Crippen LogP contribution in [0.25, 0.3) is 5.57 Å². The summed E-state index contributed by atoms with van der Waals surface area (Å²) in [5, 5.41) is 0. The van der Waals surface area contributed by atoms with Crippen LogP contribution in [0.1, 0.15) is 122 Å². The molecule has 8 atom stereocenters. The molecule has 4 fully saturated rings. The molecule has 0 radical (unpaired) electrons. The van der Waals surface area contributed by atoms with Crippen LogP contribution in [0.2, 0.25) is 0 Å². The van der Waals surface area contributed by atoms with Crippen LogP contribution in [0.3, 0.4) is 0 Å². The van der Waals surface area contributed by atoms with Gasteiger partial charge >= 0.3 is 0 Å². The van der Waals surface area contributed by atoms with Gasteiger partial charge in [0.1, 0.15) is 6.29 Å². The van der Waals surface area contributed by atoms with Gasteiger partial charge in [0.15, 0.2) is 0 Å². The van der Waals surface area contributed by atoms with Crippen molar-refractivity contribution in [2.45, 2.75) is 106 Å². The second-order valence-electron chi connectivity index (χ2n) is 14.8. The normalized spacial score (nSPS) is 41.6. The Labute approximate surface area is 240 Å². The van der Waals surface area contributed by atoms with E-state index < -0.39 is 0 Å². The number of hydrogen-bond acceptors (Lipinski definition) is 2. The zero-order valence-corrected chi connectivity index (χ0v) is 24.9. The zero-order chi connectivity index (χ0) is 27.3. The molecule has 2 heteroatoms. The third-order valence-electron chi connectivity index (χ3n) is 13.0. The quantitative estimate of drug-likeness (QED) is 0.311. The highest BCUT2D eigenvalue weighted by Crippen LogP contribution is 2.73. The average Bonchev–Trinajstić information content (AvgIpc) is 3.34. The van der Waals surface area contributed by atoms with Gasteiger partial charge in [-0.2, -0.15) is 0 Å². The Balaban J connectivity index is 0.000000845. The lowest BCUT2D eigenvalue weighted by Crippen LogP contribution is -2.61. The van der Waals surface area contributed by atoms with E-state index in [0.717, 1.165) is 42.1 Å². The van der Waals surface area contributed by atoms with Gasteiger partial charge in [-0.15, -0.1) is 6.58 Å². The fourth-order valence-electron chi connectivity index (χ4n) is 11.5. The summed E-state index contributed by atoms with van der Waals surface area (Å²) >= 11 is 0. The summed E-state index contributed by atoms with van der Waals surface area (Å²) in [4.78, 5) is 11.2. The molecular weight excluding hydrogens is 474 g/mol. The lowest BCUT2D eigenvalue weighted by atomic mass is 9.36. The number of rotatable bonds is 3. The van der Waals surface area contributed by atoms with Gasteiger partial charge in [-0.25, -0.2) is 0 Å². The Morgan fingerprint density at radius 2 is 1.59 bits per heavy atom. The fraction of sp³-hybridized carbons (Fsp3) is 0.703. The lowest BCUT2D eigenvalue weighted by Gasteiger charge is -2.68. The van der Waals surface area contributed by atoms with Crippen LogP contribution in [0.4, 0.5) is 0 Å². The zero-order valence-electron chi connectivity index (χ0n) is 24.9. The van der Waals surface area contributed by atoms with Crippen LogP contribution in [0.5, 0.6) is 0 Å². The lowest BCUT2D eigenvalue weighted by molar-refractivity contribution is -0.177. The maximum absolute atomic E-state index is 11.2. The summed E-state index contributed by atoms with van der Waals surface area (Å²) in [5.74, 6) is 4.28. The predicted molar refractivity (Wildman–Crippen MR) is 168 cm³/mol. The van der Waals surface area contributed by atoms with Crippen molar-refractivity contribution in [2.75, 3.05) is 6.54 Å². The van der Waals surface area contributed by atoms with Gasteiger partial charge in [0.2, 0.25) is 0 Å². The second kappa shape index (κ2) is 11.0. The Morgan fingerprint density at radius 3 is 2.23 bits per heavy atom. The first-order chi connectivity index (χ1) is 18.1. The number of carbonyl (C=O) groups is 1. The van der Waals surface area contributed by atoms with E-state index in [1.54, 1.807) is 6.08 Å². The van der Waals surface area contributed by atoms with Crippen LogP contribution in [0, 0.1) is 51.2 Å². The van der Waals surface area contributed by atoms with Crippen molar-refractivity contribution in [1.29, 1.82) is 0 Å². The summed E-state index contributed by atoms with van der Waals surface area (Å²) in [6, 6.07) is 8.32. The maximum atomic E-state index is 11.2. The van der Waals surface area contributed by atoms with E-state index in [1.165, 1.54) is 75.3 Å². The maximum Gasteiger partial charge on any atom is 0.150 e. The summed E-state index contributed by atoms with van der Waals surface area (Å²) < 4.78 is 0. The molecule has 2 N–H and O–H groups in total. The Bertz CT molecular complexity index is 1070. The molecule has 4 saturated carbocycles. The highest BCUT2D eigenvalue weighted by Gasteiger charge is 2.65. The molecule has 0 aliphatic heterocycles. The van der Waals surface area contributed by atoms with Gasteiger partial charge in [0, 0.05) is 5.56 Å². The van der Waals surface area contributed by atoms with Gasteiger partial charge in [-0.1, -0.05) is 78.0 Å². The number of fused-ring (bicyclic) bond motifs is 7. The van der Waals surface area contributed by atoms with E-state index >= 15 is 0 Å². The minimum absolute atomic E-state index is 0. The summed E-state index contributed by atoms with van der Waals surface area (Å²) in [6.07, 6.45) is 19.2. The molecule has 5 aliphatic rings. The first kappa shape index (κ1) is 30.3. The van der Waals surface area contributed by atoms with Crippen molar-refractivity contribution in [3.05, 3.63) is 54.1 Å². The molecule has 1 aromatic carbocycles. The van der Waals surface area contributed by atoms with Crippen LogP contribution < -0.4 is 5.73 Å². The Morgan fingerprint density at radius 1 is 0.897 bits per heavy atom. The average molecular weight is 532 g/mol. The Kier molecular flexibility index (Phi) is 8.51. The number of hydrogen-bond donors (Lipinski definition) is 1. The van der Waals surface area contributed by atoms with Crippen LogP contribution in [-0.2, 0) is 0 Å². The van der Waals surface area contributed by atoms with Gasteiger partial charge in [0.25, 0.3) is 0 Å². The van der Waals surface area contributed by atoms with Gasteiger partial charge in [-0.05, 0) is 134 Å². The number of allylic oxidation sites excluding steroid dienone is 3. The number of aldehydes is 1. The van der Waals surface area contributed by atoms with Gasteiger partial charge in [0.05, 0.1) is 0 Å². The van der Waals surface area contributed by atoms with E-state index in [4.69, 9.17) is 5.73 Å².